The summed E-state index contributed by atoms with van der Waals surface area (Å²) in [5.74, 6) is -1.02. The molecule has 0 atom stereocenters. The molecule has 0 fully saturated rings. The molecular weight excluding hydrogens is 196 g/mol. The molecule has 0 saturated carbocycles. The van der Waals surface area contributed by atoms with Crippen LogP contribution in [-0.4, -0.2) is 47.1 Å². The first kappa shape index (κ1) is 13.9. The largest absolute Gasteiger partial charge is 0.480 e. The molecule has 0 saturated heterocycles. The van der Waals surface area contributed by atoms with Crippen LogP contribution in [-0.2, 0) is 9.59 Å². The summed E-state index contributed by atoms with van der Waals surface area (Å²) in [6, 6.07) is 0.258. The average molecular weight is 216 g/mol. The van der Waals surface area contributed by atoms with E-state index in [2.05, 4.69) is 5.32 Å². The fourth-order valence-electron chi connectivity index (χ4n) is 1.54. The maximum atomic E-state index is 11.7. The lowest BCUT2D eigenvalue weighted by Crippen LogP contribution is -2.46. The lowest BCUT2D eigenvalue weighted by atomic mass is 10.2. The summed E-state index contributed by atoms with van der Waals surface area (Å²) < 4.78 is 0. The van der Waals surface area contributed by atoms with Crippen LogP contribution in [0.2, 0.25) is 0 Å². The zero-order valence-electron chi connectivity index (χ0n) is 9.78. The molecule has 0 unspecified atom stereocenters. The molecule has 0 heterocycles. The third-order valence-electron chi connectivity index (χ3n) is 1.95. The second-order valence-corrected chi connectivity index (χ2v) is 3.99. The molecule has 0 aliphatic rings. The highest BCUT2D eigenvalue weighted by Gasteiger charge is 2.19. The summed E-state index contributed by atoms with van der Waals surface area (Å²) in [5.41, 5.74) is 0. The average Bonchev–Trinajstić information content (AvgIpc) is 2.01. The van der Waals surface area contributed by atoms with Crippen molar-refractivity contribution in [2.24, 2.45) is 0 Å². The summed E-state index contributed by atoms with van der Waals surface area (Å²) in [4.78, 5) is 23.6. The van der Waals surface area contributed by atoms with Crippen LogP contribution in [0.4, 0.5) is 0 Å². The molecule has 0 rings (SSSR count). The van der Waals surface area contributed by atoms with Crippen molar-refractivity contribution in [1.82, 2.24) is 10.2 Å². The van der Waals surface area contributed by atoms with Gasteiger partial charge in [0.25, 0.3) is 0 Å². The van der Waals surface area contributed by atoms with E-state index in [-0.39, 0.29) is 31.1 Å². The van der Waals surface area contributed by atoms with Crippen molar-refractivity contribution in [2.45, 2.75) is 39.8 Å². The van der Waals surface area contributed by atoms with Gasteiger partial charge in [-0.3, -0.25) is 14.9 Å². The Hall–Kier alpha value is -1.10. The van der Waals surface area contributed by atoms with E-state index in [9.17, 15) is 9.59 Å². The molecule has 0 aromatic heterocycles. The van der Waals surface area contributed by atoms with Gasteiger partial charge in [0.1, 0.15) is 0 Å². The van der Waals surface area contributed by atoms with Crippen LogP contribution in [0.3, 0.4) is 0 Å². The number of carbonyl (C=O) groups is 2. The number of carboxylic acid groups (broad SMARTS) is 1. The summed E-state index contributed by atoms with van der Waals surface area (Å²) in [7, 11) is 0. The number of rotatable bonds is 6. The number of aliphatic carboxylic acids is 1. The Labute approximate surface area is 90.5 Å². The number of nitrogens with one attached hydrogen (secondary N) is 1. The van der Waals surface area contributed by atoms with E-state index in [1.54, 1.807) is 4.90 Å². The molecular formula is C10H20N2O3. The maximum Gasteiger partial charge on any atom is 0.317 e. The number of carboxylic acids is 1. The Morgan fingerprint density at radius 1 is 1.13 bits per heavy atom. The molecule has 2 N–H and O–H groups in total. The smallest absolute Gasteiger partial charge is 0.317 e. The highest BCUT2D eigenvalue weighted by Crippen LogP contribution is 2.04. The number of hydrogen-bond donors (Lipinski definition) is 2. The quantitative estimate of drug-likeness (QED) is 0.670. The van der Waals surface area contributed by atoms with E-state index < -0.39 is 5.97 Å². The Kier molecular flexibility index (Phi) is 5.93. The van der Waals surface area contributed by atoms with Crippen LogP contribution in [0.5, 0.6) is 0 Å². The van der Waals surface area contributed by atoms with Gasteiger partial charge >= 0.3 is 5.97 Å². The van der Waals surface area contributed by atoms with Crippen molar-refractivity contribution in [3.05, 3.63) is 0 Å². The number of amides is 1. The van der Waals surface area contributed by atoms with E-state index in [1.807, 2.05) is 27.7 Å². The van der Waals surface area contributed by atoms with Crippen molar-refractivity contribution < 1.29 is 14.7 Å². The van der Waals surface area contributed by atoms with Crippen molar-refractivity contribution in [1.29, 1.82) is 0 Å². The summed E-state index contributed by atoms with van der Waals surface area (Å²) in [6.45, 7) is 7.65. The van der Waals surface area contributed by atoms with Gasteiger partial charge in [-0.15, -0.1) is 0 Å². The van der Waals surface area contributed by atoms with Crippen LogP contribution in [0.25, 0.3) is 0 Å². The molecule has 0 aromatic carbocycles. The predicted octanol–water partition coefficient (Wildman–Crippen LogP) is 0.306. The van der Waals surface area contributed by atoms with Crippen LogP contribution < -0.4 is 5.32 Å². The van der Waals surface area contributed by atoms with Gasteiger partial charge in [-0.25, -0.2) is 0 Å². The van der Waals surface area contributed by atoms with Gasteiger partial charge < -0.3 is 10.0 Å². The molecule has 5 nitrogen and oxygen atoms in total. The first-order valence-electron chi connectivity index (χ1n) is 5.10. The Morgan fingerprint density at radius 3 is 1.93 bits per heavy atom. The Morgan fingerprint density at radius 2 is 1.60 bits per heavy atom. The standard InChI is InChI=1S/C10H20N2O3/c1-7(2)12(8(3)4)9(13)5-11-6-10(14)15/h7-8,11H,5-6H2,1-4H3,(H,14,15). The third kappa shape index (κ3) is 5.37. The summed E-state index contributed by atoms with van der Waals surface area (Å²) >= 11 is 0. The number of hydrogen-bond acceptors (Lipinski definition) is 3. The van der Waals surface area contributed by atoms with Crippen LogP contribution in [0.15, 0.2) is 0 Å². The van der Waals surface area contributed by atoms with Gasteiger partial charge in [0.15, 0.2) is 0 Å². The molecule has 0 aromatic rings. The molecule has 88 valence electrons. The molecule has 0 aliphatic heterocycles. The van der Waals surface area contributed by atoms with Crippen LogP contribution in [0, 0.1) is 0 Å². The zero-order chi connectivity index (χ0) is 12.0. The topological polar surface area (TPSA) is 69.6 Å². The van der Waals surface area contributed by atoms with E-state index in [1.165, 1.54) is 0 Å². The monoisotopic (exact) mass is 216 g/mol. The van der Waals surface area contributed by atoms with Gasteiger partial charge in [0.05, 0.1) is 13.1 Å². The SMILES string of the molecule is CC(C)N(C(=O)CNCC(=O)O)C(C)C. The van der Waals surface area contributed by atoms with Gasteiger partial charge in [-0.1, -0.05) is 0 Å². The van der Waals surface area contributed by atoms with Crippen molar-refractivity contribution in [2.75, 3.05) is 13.1 Å². The lowest BCUT2D eigenvalue weighted by molar-refractivity contribution is -0.136. The number of nitrogens with zero attached hydrogens (tertiary/aromatic N) is 1. The number of carbonyl (C=O) groups excluding carboxylic acids is 1. The van der Waals surface area contributed by atoms with E-state index >= 15 is 0 Å². The van der Waals surface area contributed by atoms with Crippen LogP contribution >= 0.6 is 0 Å². The highest BCUT2D eigenvalue weighted by molar-refractivity contribution is 5.79. The molecule has 0 aliphatic carbocycles. The second kappa shape index (κ2) is 6.40. The fourth-order valence-corrected chi connectivity index (χ4v) is 1.54. The normalized spacial score (nSPS) is 10.8. The van der Waals surface area contributed by atoms with Gasteiger partial charge in [0, 0.05) is 12.1 Å². The lowest BCUT2D eigenvalue weighted by Gasteiger charge is -2.30. The minimum Gasteiger partial charge on any atom is -0.480 e. The molecule has 0 bridgehead atoms. The molecule has 1 amide bonds. The molecule has 0 spiro atoms. The second-order valence-electron chi connectivity index (χ2n) is 3.99. The van der Waals surface area contributed by atoms with Gasteiger partial charge in [0.2, 0.25) is 5.91 Å². The van der Waals surface area contributed by atoms with E-state index in [0.717, 1.165) is 0 Å². The van der Waals surface area contributed by atoms with Crippen molar-refractivity contribution >= 4 is 11.9 Å². The van der Waals surface area contributed by atoms with Crippen molar-refractivity contribution in [3.63, 3.8) is 0 Å². The highest BCUT2D eigenvalue weighted by atomic mass is 16.4. The van der Waals surface area contributed by atoms with E-state index in [4.69, 9.17) is 5.11 Å². The summed E-state index contributed by atoms with van der Waals surface area (Å²) in [5, 5.41) is 11.0. The van der Waals surface area contributed by atoms with Crippen LogP contribution in [0.1, 0.15) is 27.7 Å². The molecule has 15 heavy (non-hydrogen) atoms. The van der Waals surface area contributed by atoms with Gasteiger partial charge in [-0.05, 0) is 27.7 Å². The minimum atomic E-state index is -0.955. The predicted molar refractivity (Wildman–Crippen MR) is 57.6 cm³/mol. The zero-order valence-corrected chi connectivity index (χ0v) is 9.78. The summed E-state index contributed by atoms with van der Waals surface area (Å²) in [6.07, 6.45) is 0. The maximum absolute atomic E-state index is 11.7. The Bertz CT molecular complexity index is 219. The fraction of sp³-hybridized carbons (Fsp3) is 0.800. The van der Waals surface area contributed by atoms with Gasteiger partial charge in [-0.2, -0.15) is 0 Å². The first-order chi connectivity index (χ1) is 6.86. The first-order valence-corrected chi connectivity index (χ1v) is 5.10. The third-order valence-corrected chi connectivity index (χ3v) is 1.95. The minimum absolute atomic E-state index is 0.0683. The molecule has 5 heteroatoms. The van der Waals surface area contributed by atoms with Crippen molar-refractivity contribution in [3.8, 4) is 0 Å². The Balaban J connectivity index is 4.10. The van der Waals surface area contributed by atoms with E-state index in [0.29, 0.717) is 0 Å². The molecule has 0 radical (unpaired) electrons.